The second-order valence-electron chi connectivity index (χ2n) is 6.99. The third-order valence-electron chi connectivity index (χ3n) is 5.19. The van der Waals surface area contributed by atoms with Crippen LogP contribution in [0.4, 0.5) is 0 Å². The number of thiophene rings is 1. The van der Waals surface area contributed by atoms with E-state index in [0.29, 0.717) is 10.8 Å². The molecular weight excluding hydrogens is 406 g/mol. The summed E-state index contributed by atoms with van der Waals surface area (Å²) >= 11 is 7.85. The Kier molecular flexibility index (Phi) is 5.27. The number of fused-ring (bicyclic) bond motifs is 3. The van der Waals surface area contributed by atoms with Gasteiger partial charge in [0, 0.05) is 28.1 Å². The molecule has 8 heteroatoms. The number of aromatic nitrogens is 3. The first-order valence-electron chi connectivity index (χ1n) is 9.53. The van der Waals surface area contributed by atoms with Gasteiger partial charge in [0.15, 0.2) is 5.82 Å². The maximum absolute atomic E-state index is 12.2. The van der Waals surface area contributed by atoms with E-state index in [1.165, 1.54) is 10.4 Å². The molecule has 1 N–H and O–H groups in total. The summed E-state index contributed by atoms with van der Waals surface area (Å²) in [4.78, 5) is 18.6. The smallest absolute Gasteiger partial charge is 0.222 e. The Bertz CT molecular complexity index is 1110. The predicted molar refractivity (Wildman–Crippen MR) is 117 cm³/mol. The fourth-order valence-corrected chi connectivity index (χ4v) is 5.18. The molecule has 0 bridgehead atoms. The first kappa shape index (κ1) is 19.8. The van der Waals surface area contributed by atoms with Crippen LogP contribution in [-0.4, -0.2) is 33.4 Å². The number of aryl methyl sites for hydroxylation is 2. The lowest BCUT2D eigenvalue weighted by molar-refractivity contribution is -0.121. The molecule has 0 radical (unpaired) electrons. The quantitative estimate of drug-likeness (QED) is 0.678. The molecule has 4 rings (SSSR count). The van der Waals surface area contributed by atoms with Crippen LogP contribution >= 0.6 is 22.9 Å². The summed E-state index contributed by atoms with van der Waals surface area (Å²) < 4.78 is 2.06. The van der Waals surface area contributed by atoms with E-state index in [-0.39, 0.29) is 12.3 Å². The zero-order valence-electron chi connectivity index (χ0n) is 16.8. The fourth-order valence-electron chi connectivity index (χ4n) is 3.75. The molecule has 2 aromatic heterocycles. The Morgan fingerprint density at radius 2 is 1.97 bits per heavy atom. The maximum atomic E-state index is 12.2. The van der Waals surface area contributed by atoms with Gasteiger partial charge in [-0.15, -0.1) is 21.5 Å². The lowest BCUT2D eigenvalue weighted by atomic mass is 9.97. The van der Waals surface area contributed by atoms with Gasteiger partial charge < -0.3 is 5.32 Å². The van der Waals surface area contributed by atoms with Crippen molar-refractivity contribution < 1.29 is 4.79 Å². The molecule has 6 nitrogen and oxygen atoms in total. The van der Waals surface area contributed by atoms with E-state index in [2.05, 4.69) is 33.9 Å². The number of nitrogens with one attached hydrogen (secondary N) is 1. The van der Waals surface area contributed by atoms with Gasteiger partial charge in [-0.2, -0.15) is 0 Å². The summed E-state index contributed by atoms with van der Waals surface area (Å²) in [7, 11) is 1.63. The Hall–Kier alpha value is -2.51. The standard InChI is InChI=1S/C21H22ClN5OS/c1-5-15-11(2)29-21-18(15)19(13-6-8-14(22)9-7-13)24-16(10-17(28)23-4)20-26-25-12(3)27(20)21/h6-9,16H,5,10H2,1-4H3,(H,23,28)/t16-/m0/s1. The normalized spacial score (nSPS) is 15.3. The number of carbonyl (C=O) groups excluding carboxylic acids is 1. The minimum atomic E-state index is -0.425. The third-order valence-corrected chi connectivity index (χ3v) is 6.58. The van der Waals surface area contributed by atoms with Crippen molar-refractivity contribution in [2.75, 3.05) is 7.05 Å². The van der Waals surface area contributed by atoms with E-state index in [1.807, 2.05) is 31.2 Å². The van der Waals surface area contributed by atoms with Crippen LogP contribution in [-0.2, 0) is 11.2 Å². The van der Waals surface area contributed by atoms with Crippen LogP contribution in [0.3, 0.4) is 0 Å². The molecule has 0 spiro atoms. The molecule has 1 aliphatic rings. The van der Waals surface area contributed by atoms with Crippen molar-refractivity contribution in [3.05, 3.63) is 62.5 Å². The van der Waals surface area contributed by atoms with Crippen LogP contribution in [0.15, 0.2) is 29.3 Å². The summed E-state index contributed by atoms with van der Waals surface area (Å²) in [5.41, 5.74) is 4.21. The SMILES string of the molecule is CCc1c(C)sc2c1C(c1ccc(Cl)cc1)=N[C@@H](CC(=O)NC)c1nnc(C)n1-2. The lowest BCUT2D eigenvalue weighted by Gasteiger charge is -2.12. The molecule has 0 saturated heterocycles. The van der Waals surface area contributed by atoms with Crippen LogP contribution in [0, 0.1) is 13.8 Å². The largest absolute Gasteiger partial charge is 0.359 e. The van der Waals surface area contributed by atoms with Crippen LogP contribution in [0.2, 0.25) is 5.02 Å². The maximum Gasteiger partial charge on any atom is 0.222 e. The molecule has 1 aliphatic heterocycles. The van der Waals surface area contributed by atoms with Gasteiger partial charge in [-0.1, -0.05) is 30.7 Å². The summed E-state index contributed by atoms with van der Waals surface area (Å²) in [6, 6.07) is 7.27. The van der Waals surface area contributed by atoms with Crippen LogP contribution < -0.4 is 5.32 Å². The Balaban J connectivity index is 2.02. The van der Waals surface area contributed by atoms with Gasteiger partial charge >= 0.3 is 0 Å². The first-order chi connectivity index (χ1) is 13.9. The molecule has 0 saturated carbocycles. The number of carbonyl (C=O) groups is 1. The molecule has 1 atom stereocenters. The van der Waals surface area contributed by atoms with Gasteiger partial charge in [0.1, 0.15) is 16.9 Å². The summed E-state index contributed by atoms with van der Waals surface area (Å²) in [6.45, 7) is 6.23. The van der Waals surface area contributed by atoms with E-state index in [9.17, 15) is 4.79 Å². The van der Waals surface area contributed by atoms with Crippen LogP contribution in [0.1, 0.15) is 52.6 Å². The summed E-state index contributed by atoms with van der Waals surface area (Å²) in [5, 5.41) is 13.1. The minimum Gasteiger partial charge on any atom is -0.359 e. The molecule has 29 heavy (non-hydrogen) atoms. The number of halogens is 1. The summed E-state index contributed by atoms with van der Waals surface area (Å²) in [6.07, 6.45) is 1.10. The van der Waals surface area contributed by atoms with E-state index in [0.717, 1.165) is 34.1 Å². The molecule has 0 fully saturated rings. The first-order valence-corrected chi connectivity index (χ1v) is 10.7. The second-order valence-corrected chi connectivity index (χ2v) is 8.63. The fraction of sp³-hybridized carbons (Fsp3) is 0.333. The molecule has 1 amide bonds. The molecule has 3 aromatic rings. The van der Waals surface area contributed by atoms with Gasteiger partial charge in [-0.05, 0) is 38.0 Å². The Morgan fingerprint density at radius 1 is 1.24 bits per heavy atom. The highest BCUT2D eigenvalue weighted by atomic mass is 35.5. The molecular formula is C21H22ClN5OS. The van der Waals surface area contributed by atoms with Crippen molar-refractivity contribution in [3.8, 4) is 5.00 Å². The Morgan fingerprint density at radius 3 is 2.62 bits per heavy atom. The Labute approximate surface area is 178 Å². The van der Waals surface area contributed by atoms with Crippen molar-refractivity contribution in [2.45, 2.75) is 39.7 Å². The summed E-state index contributed by atoms with van der Waals surface area (Å²) in [5.74, 6) is 1.40. The number of hydrogen-bond donors (Lipinski definition) is 1. The second kappa shape index (κ2) is 7.72. The minimum absolute atomic E-state index is 0.0847. The van der Waals surface area contributed by atoms with Gasteiger partial charge in [0.05, 0.1) is 12.1 Å². The number of benzene rings is 1. The number of hydrogen-bond acceptors (Lipinski definition) is 5. The molecule has 0 aliphatic carbocycles. The van der Waals surface area contributed by atoms with Crippen molar-refractivity contribution in [1.82, 2.24) is 20.1 Å². The highest BCUT2D eigenvalue weighted by molar-refractivity contribution is 7.15. The zero-order chi connectivity index (χ0) is 20.7. The van der Waals surface area contributed by atoms with Crippen molar-refractivity contribution in [3.63, 3.8) is 0 Å². The number of rotatable bonds is 4. The average molecular weight is 428 g/mol. The molecule has 150 valence electrons. The van der Waals surface area contributed by atoms with E-state index >= 15 is 0 Å². The predicted octanol–water partition coefficient (Wildman–Crippen LogP) is 4.19. The van der Waals surface area contributed by atoms with Crippen LogP contribution in [0.25, 0.3) is 5.00 Å². The zero-order valence-corrected chi connectivity index (χ0v) is 18.4. The molecule has 1 aromatic carbocycles. The van der Waals surface area contributed by atoms with Crippen molar-refractivity contribution in [1.29, 1.82) is 0 Å². The highest BCUT2D eigenvalue weighted by Crippen LogP contribution is 2.40. The number of nitrogens with zero attached hydrogens (tertiary/aromatic N) is 4. The molecule has 0 unspecified atom stereocenters. The average Bonchev–Trinajstić information content (AvgIpc) is 3.21. The van der Waals surface area contributed by atoms with E-state index in [1.54, 1.807) is 18.4 Å². The van der Waals surface area contributed by atoms with E-state index < -0.39 is 6.04 Å². The van der Waals surface area contributed by atoms with Crippen molar-refractivity contribution in [2.24, 2.45) is 4.99 Å². The van der Waals surface area contributed by atoms with E-state index in [4.69, 9.17) is 16.6 Å². The van der Waals surface area contributed by atoms with Gasteiger partial charge in [0.2, 0.25) is 5.91 Å². The van der Waals surface area contributed by atoms with Gasteiger partial charge in [0.25, 0.3) is 0 Å². The van der Waals surface area contributed by atoms with Crippen molar-refractivity contribution >= 4 is 34.6 Å². The van der Waals surface area contributed by atoms with Gasteiger partial charge in [-0.25, -0.2) is 0 Å². The van der Waals surface area contributed by atoms with Gasteiger partial charge in [-0.3, -0.25) is 14.4 Å². The number of aliphatic imine (C=N–C) groups is 1. The lowest BCUT2D eigenvalue weighted by Crippen LogP contribution is -2.21. The number of amides is 1. The third kappa shape index (κ3) is 3.38. The topological polar surface area (TPSA) is 72.2 Å². The monoisotopic (exact) mass is 427 g/mol. The van der Waals surface area contributed by atoms with Crippen LogP contribution in [0.5, 0.6) is 0 Å². The highest BCUT2D eigenvalue weighted by Gasteiger charge is 2.32. The molecule has 3 heterocycles.